The molecule has 104 valence electrons. The summed E-state index contributed by atoms with van der Waals surface area (Å²) in [4.78, 5) is 15.9. The van der Waals surface area contributed by atoms with Crippen LogP contribution < -0.4 is 11.1 Å². The van der Waals surface area contributed by atoms with E-state index in [1.807, 2.05) is 0 Å². The van der Waals surface area contributed by atoms with Crippen molar-refractivity contribution in [2.24, 2.45) is 0 Å². The molecule has 0 aliphatic carbocycles. The summed E-state index contributed by atoms with van der Waals surface area (Å²) < 4.78 is 14.2. The summed E-state index contributed by atoms with van der Waals surface area (Å²) in [5.74, 6) is -1.05. The topological polar surface area (TPSA) is 68.0 Å². The molecule has 0 fully saturated rings. The van der Waals surface area contributed by atoms with Crippen LogP contribution in [0.1, 0.15) is 15.9 Å². The summed E-state index contributed by atoms with van der Waals surface area (Å²) in [6.07, 6.45) is 1.50. The molecule has 0 bridgehead atoms. The number of benzene rings is 1. The van der Waals surface area contributed by atoms with Gasteiger partial charge in [0.1, 0.15) is 5.82 Å². The number of carbonyl (C=O) groups is 1. The van der Waals surface area contributed by atoms with E-state index in [2.05, 4.69) is 26.2 Å². The third-order valence-corrected chi connectivity index (χ3v) is 3.44. The van der Waals surface area contributed by atoms with Gasteiger partial charge in [-0.2, -0.15) is 0 Å². The smallest absolute Gasteiger partial charge is 0.255 e. The molecule has 0 radical (unpaired) electrons. The number of nitrogens with zero attached hydrogens (tertiary/aromatic N) is 1. The average molecular weight is 359 g/mol. The Hall–Kier alpha value is -1.66. The summed E-state index contributed by atoms with van der Waals surface area (Å²) in [5.41, 5.74) is 6.60. The number of nitrogens with two attached hydrogens (primary N) is 1. The van der Waals surface area contributed by atoms with Crippen molar-refractivity contribution in [3.63, 3.8) is 0 Å². The summed E-state index contributed by atoms with van der Waals surface area (Å²) >= 11 is 9.09. The highest BCUT2D eigenvalue weighted by Crippen LogP contribution is 2.24. The molecule has 0 saturated carbocycles. The van der Waals surface area contributed by atoms with Crippen molar-refractivity contribution in [3.05, 3.63) is 51.0 Å². The Bertz CT molecular complexity index is 670. The third-order valence-electron chi connectivity index (χ3n) is 2.70. The molecule has 1 heterocycles. The Morgan fingerprint density at radius 2 is 2.15 bits per heavy atom. The fraction of sp³-hybridized carbons (Fsp3) is 0.0769. The molecule has 1 aromatic carbocycles. The predicted molar refractivity (Wildman–Crippen MR) is 80.4 cm³/mol. The maximum Gasteiger partial charge on any atom is 0.255 e. The minimum Gasteiger partial charge on any atom is -0.398 e. The first-order chi connectivity index (χ1) is 9.38. The molecule has 0 spiro atoms. The Balaban J connectivity index is 2.31. The molecule has 20 heavy (non-hydrogen) atoms. The minimum atomic E-state index is -0.534. The fourth-order valence-electron chi connectivity index (χ4n) is 1.54. The van der Waals surface area contributed by atoms with Crippen molar-refractivity contribution in [2.45, 2.75) is 6.92 Å². The van der Waals surface area contributed by atoms with Crippen LogP contribution in [0, 0.1) is 12.7 Å². The van der Waals surface area contributed by atoms with Crippen LogP contribution in [0.5, 0.6) is 0 Å². The van der Waals surface area contributed by atoms with Crippen molar-refractivity contribution in [3.8, 4) is 0 Å². The van der Waals surface area contributed by atoms with Gasteiger partial charge in [-0.15, -0.1) is 0 Å². The van der Waals surface area contributed by atoms with Crippen LogP contribution in [-0.2, 0) is 0 Å². The molecule has 0 aliphatic rings. The molecule has 1 amide bonds. The number of nitrogens with one attached hydrogen (secondary N) is 1. The molecule has 4 nitrogen and oxygen atoms in total. The van der Waals surface area contributed by atoms with Crippen LogP contribution in [0.25, 0.3) is 0 Å². The van der Waals surface area contributed by atoms with Gasteiger partial charge >= 0.3 is 0 Å². The highest BCUT2D eigenvalue weighted by molar-refractivity contribution is 9.10. The molecule has 3 N–H and O–H groups in total. The lowest BCUT2D eigenvalue weighted by Crippen LogP contribution is -2.14. The van der Waals surface area contributed by atoms with Crippen LogP contribution in [0.15, 0.2) is 28.9 Å². The second kappa shape index (κ2) is 5.76. The van der Waals surface area contributed by atoms with E-state index in [1.54, 1.807) is 13.0 Å². The summed E-state index contributed by atoms with van der Waals surface area (Å²) in [6.45, 7) is 1.54. The van der Waals surface area contributed by atoms with E-state index in [1.165, 1.54) is 12.3 Å². The molecule has 0 aliphatic heterocycles. The molecule has 2 aromatic rings. The first kappa shape index (κ1) is 14.7. The first-order valence-corrected chi connectivity index (χ1v) is 6.73. The number of hydrogen-bond donors (Lipinski definition) is 2. The highest BCUT2D eigenvalue weighted by atomic mass is 79.9. The van der Waals surface area contributed by atoms with Gasteiger partial charge in [0.05, 0.1) is 5.69 Å². The Morgan fingerprint density at radius 3 is 2.80 bits per heavy atom. The van der Waals surface area contributed by atoms with E-state index in [-0.39, 0.29) is 16.4 Å². The SMILES string of the molecule is Cc1c(N)cc(C(=O)Nc2cc(Br)cnc2Cl)cc1F. The number of amides is 1. The lowest BCUT2D eigenvalue weighted by molar-refractivity contribution is 0.102. The van der Waals surface area contributed by atoms with Gasteiger partial charge in [0.25, 0.3) is 5.91 Å². The molecule has 7 heteroatoms. The second-order valence-corrected chi connectivity index (χ2v) is 5.39. The van der Waals surface area contributed by atoms with Gasteiger partial charge in [0.15, 0.2) is 5.15 Å². The molecular formula is C13H10BrClFN3O. The lowest BCUT2D eigenvalue weighted by atomic mass is 10.1. The van der Waals surface area contributed by atoms with E-state index in [0.717, 1.165) is 6.07 Å². The number of pyridine rings is 1. The van der Waals surface area contributed by atoms with Gasteiger partial charge in [0.2, 0.25) is 0 Å². The zero-order valence-electron chi connectivity index (χ0n) is 10.4. The van der Waals surface area contributed by atoms with Crippen LogP contribution >= 0.6 is 27.5 Å². The maximum atomic E-state index is 13.6. The van der Waals surface area contributed by atoms with Crippen molar-refractivity contribution < 1.29 is 9.18 Å². The number of hydrogen-bond acceptors (Lipinski definition) is 3. The molecule has 0 atom stereocenters. The normalized spacial score (nSPS) is 10.4. The van der Waals surface area contributed by atoms with E-state index in [0.29, 0.717) is 15.7 Å². The third kappa shape index (κ3) is 3.08. The number of rotatable bonds is 2. The van der Waals surface area contributed by atoms with Crippen molar-refractivity contribution in [1.82, 2.24) is 4.98 Å². The molecule has 0 saturated heterocycles. The highest BCUT2D eigenvalue weighted by Gasteiger charge is 2.13. The zero-order valence-corrected chi connectivity index (χ0v) is 12.7. The van der Waals surface area contributed by atoms with Gasteiger partial charge < -0.3 is 11.1 Å². The Kier molecular flexibility index (Phi) is 4.25. The predicted octanol–water partition coefficient (Wildman–Crippen LogP) is 3.78. The standard InChI is InChI=1S/C13H10BrClFN3O/c1-6-9(16)2-7(3-10(6)17)13(20)19-11-4-8(14)5-18-12(11)15/h2-5H,17H2,1H3,(H,19,20). The minimum absolute atomic E-state index is 0.113. The number of aromatic nitrogens is 1. The Morgan fingerprint density at radius 1 is 1.45 bits per heavy atom. The zero-order chi connectivity index (χ0) is 14.9. The van der Waals surface area contributed by atoms with Gasteiger partial charge in [-0.25, -0.2) is 9.37 Å². The Labute approximate surface area is 128 Å². The van der Waals surface area contributed by atoms with Gasteiger partial charge in [-0.1, -0.05) is 11.6 Å². The van der Waals surface area contributed by atoms with Crippen molar-refractivity contribution >= 4 is 44.8 Å². The van der Waals surface area contributed by atoms with Gasteiger partial charge in [-0.05, 0) is 41.1 Å². The molecule has 0 unspecified atom stereocenters. The number of halogens is 3. The lowest BCUT2D eigenvalue weighted by Gasteiger charge is -2.09. The van der Waals surface area contributed by atoms with E-state index >= 15 is 0 Å². The van der Waals surface area contributed by atoms with Gasteiger partial charge in [0, 0.05) is 27.5 Å². The molecule has 2 rings (SSSR count). The van der Waals surface area contributed by atoms with Gasteiger partial charge in [-0.3, -0.25) is 4.79 Å². The first-order valence-electron chi connectivity index (χ1n) is 5.56. The molecule has 1 aromatic heterocycles. The van der Waals surface area contributed by atoms with Crippen molar-refractivity contribution in [2.75, 3.05) is 11.1 Å². The average Bonchev–Trinajstić information content (AvgIpc) is 2.39. The summed E-state index contributed by atoms with van der Waals surface area (Å²) in [7, 11) is 0. The van der Waals surface area contributed by atoms with Crippen LogP contribution in [0.2, 0.25) is 5.15 Å². The van der Waals surface area contributed by atoms with Crippen molar-refractivity contribution in [1.29, 1.82) is 0 Å². The van der Waals surface area contributed by atoms with Crippen LogP contribution in [0.4, 0.5) is 15.8 Å². The summed E-state index contributed by atoms with van der Waals surface area (Å²) in [5, 5.41) is 2.70. The monoisotopic (exact) mass is 357 g/mol. The fourth-order valence-corrected chi connectivity index (χ4v) is 2.02. The molecular weight excluding hydrogens is 349 g/mol. The van der Waals surface area contributed by atoms with E-state index < -0.39 is 11.7 Å². The van der Waals surface area contributed by atoms with Crippen LogP contribution in [0.3, 0.4) is 0 Å². The van der Waals surface area contributed by atoms with E-state index in [9.17, 15) is 9.18 Å². The quantitative estimate of drug-likeness (QED) is 0.634. The second-order valence-electron chi connectivity index (χ2n) is 4.12. The van der Waals surface area contributed by atoms with Crippen LogP contribution in [-0.4, -0.2) is 10.9 Å². The summed E-state index contributed by atoms with van der Waals surface area (Å²) in [6, 6.07) is 4.13. The van der Waals surface area contributed by atoms with E-state index in [4.69, 9.17) is 17.3 Å². The number of anilines is 2. The number of nitrogen functional groups attached to an aromatic ring is 1. The largest absolute Gasteiger partial charge is 0.398 e. The maximum absolute atomic E-state index is 13.6. The number of carbonyl (C=O) groups excluding carboxylic acids is 1.